The van der Waals surface area contributed by atoms with Gasteiger partial charge in [0.05, 0.1) is 12.0 Å². The lowest BCUT2D eigenvalue weighted by atomic mass is 9.54. The van der Waals surface area contributed by atoms with Gasteiger partial charge in [-0.3, -0.25) is 4.79 Å². The molecule has 3 heteroatoms. The van der Waals surface area contributed by atoms with Gasteiger partial charge >= 0.3 is 5.97 Å². The first kappa shape index (κ1) is 17.8. The third-order valence-electron chi connectivity index (χ3n) is 6.14. The molecule has 2 fully saturated rings. The predicted octanol–water partition coefficient (Wildman–Crippen LogP) is 4.32. The van der Waals surface area contributed by atoms with Crippen molar-refractivity contribution in [1.29, 1.82) is 0 Å². The van der Waals surface area contributed by atoms with Crippen LogP contribution in [0.3, 0.4) is 0 Å². The first-order chi connectivity index (χ1) is 9.77. The molecule has 2 aliphatic carbocycles. The van der Waals surface area contributed by atoms with E-state index in [-0.39, 0.29) is 16.8 Å². The fourth-order valence-corrected chi connectivity index (χ4v) is 4.61. The van der Waals surface area contributed by atoms with Crippen LogP contribution in [0, 0.1) is 22.7 Å². The van der Waals surface area contributed by atoms with Crippen LogP contribution in [0.2, 0.25) is 0 Å². The lowest BCUT2D eigenvalue weighted by Gasteiger charge is -2.54. The average molecular weight is 310 g/mol. The van der Waals surface area contributed by atoms with Crippen molar-refractivity contribution in [3.8, 4) is 0 Å². The van der Waals surface area contributed by atoms with E-state index in [1.807, 2.05) is 13.8 Å². The molecule has 2 saturated carbocycles. The fraction of sp³-hybridized carbons (Fsp3) is 0.947. The van der Waals surface area contributed by atoms with E-state index in [1.54, 1.807) is 0 Å². The first-order valence-corrected chi connectivity index (χ1v) is 8.71. The van der Waals surface area contributed by atoms with Crippen LogP contribution in [0.15, 0.2) is 0 Å². The average Bonchev–Trinajstić information content (AvgIpc) is 2.47. The molecule has 22 heavy (non-hydrogen) atoms. The molecule has 0 amide bonds. The van der Waals surface area contributed by atoms with E-state index in [2.05, 4.69) is 34.6 Å². The Morgan fingerprint density at radius 3 is 2.18 bits per heavy atom. The quantitative estimate of drug-likeness (QED) is 0.787. The van der Waals surface area contributed by atoms with Crippen molar-refractivity contribution in [2.45, 2.75) is 91.8 Å². The van der Waals surface area contributed by atoms with Gasteiger partial charge in [0.25, 0.3) is 0 Å². The third kappa shape index (κ3) is 3.20. The minimum absolute atomic E-state index is 0.0465. The Labute approximate surface area is 135 Å². The summed E-state index contributed by atoms with van der Waals surface area (Å²) in [4.78, 5) is 12.3. The van der Waals surface area contributed by atoms with Crippen molar-refractivity contribution in [2.24, 2.45) is 22.7 Å². The number of ether oxygens (including phenoxy) is 1. The third-order valence-corrected chi connectivity index (χ3v) is 6.14. The van der Waals surface area contributed by atoms with Gasteiger partial charge in [0, 0.05) is 5.41 Å². The fourth-order valence-electron chi connectivity index (χ4n) is 4.61. The Morgan fingerprint density at radius 1 is 1.18 bits per heavy atom. The molecule has 0 spiro atoms. The second-order valence-electron chi connectivity index (χ2n) is 9.90. The van der Waals surface area contributed by atoms with E-state index in [1.165, 1.54) is 6.42 Å². The highest BCUT2D eigenvalue weighted by Gasteiger charge is 2.63. The number of rotatable bonds is 4. The number of hydrogen-bond donors (Lipinski definition) is 1. The van der Waals surface area contributed by atoms with Crippen LogP contribution in [0.1, 0.15) is 80.6 Å². The summed E-state index contributed by atoms with van der Waals surface area (Å²) in [5, 5.41) is 10.4. The van der Waals surface area contributed by atoms with Crippen LogP contribution < -0.4 is 0 Å². The predicted molar refractivity (Wildman–Crippen MR) is 88.4 cm³/mol. The maximum absolute atomic E-state index is 12.3. The number of carbonyl (C=O) groups is 1. The number of carbonyl (C=O) groups excluding carboxylic acids is 1. The Kier molecular flexibility index (Phi) is 4.22. The van der Waals surface area contributed by atoms with E-state index in [4.69, 9.17) is 4.74 Å². The van der Waals surface area contributed by atoms with Gasteiger partial charge in [-0.2, -0.15) is 0 Å². The van der Waals surface area contributed by atoms with Crippen molar-refractivity contribution in [3.05, 3.63) is 0 Å². The van der Waals surface area contributed by atoms with Crippen LogP contribution >= 0.6 is 0 Å². The smallest absolute Gasteiger partial charge is 0.306 e. The Morgan fingerprint density at radius 2 is 1.77 bits per heavy atom. The molecule has 0 aromatic carbocycles. The van der Waals surface area contributed by atoms with E-state index < -0.39 is 11.2 Å². The van der Waals surface area contributed by atoms with Gasteiger partial charge in [-0.15, -0.1) is 0 Å². The molecule has 0 aromatic rings. The molecule has 3 nitrogen and oxygen atoms in total. The second-order valence-corrected chi connectivity index (χ2v) is 9.90. The second kappa shape index (κ2) is 5.22. The number of aliphatic hydroxyl groups is 1. The van der Waals surface area contributed by atoms with Crippen LogP contribution in [-0.2, 0) is 9.53 Å². The molecule has 128 valence electrons. The molecule has 0 aliphatic heterocycles. The molecule has 3 atom stereocenters. The SMILES string of the molecule is CC(C)(C)CC(=O)OC(C)(C)C12CCC1CC(C(C)(C)O)C2. The van der Waals surface area contributed by atoms with Crippen molar-refractivity contribution in [3.63, 3.8) is 0 Å². The van der Waals surface area contributed by atoms with E-state index in [0.29, 0.717) is 18.3 Å². The summed E-state index contributed by atoms with van der Waals surface area (Å²) < 4.78 is 5.96. The van der Waals surface area contributed by atoms with Gasteiger partial charge in [-0.05, 0) is 70.6 Å². The molecular weight excluding hydrogens is 276 g/mol. The molecule has 1 N–H and O–H groups in total. The molecule has 0 bridgehead atoms. The molecule has 0 heterocycles. The molecular formula is C19H34O3. The molecule has 2 rings (SSSR count). The zero-order valence-corrected chi connectivity index (χ0v) is 15.5. The van der Waals surface area contributed by atoms with Crippen molar-refractivity contribution in [2.75, 3.05) is 0 Å². The van der Waals surface area contributed by atoms with E-state index in [9.17, 15) is 9.90 Å². The molecule has 3 unspecified atom stereocenters. The summed E-state index contributed by atoms with van der Waals surface area (Å²) in [6.07, 6.45) is 4.79. The van der Waals surface area contributed by atoms with Crippen LogP contribution in [0.4, 0.5) is 0 Å². The molecule has 0 saturated heterocycles. The monoisotopic (exact) mass is 310 g/mol. The zero-order valence-electron chi connectivity index (χ0n) is 15.5. The first-order valence-electron chi connectivity index (χ1n) is 8.71. The van der Waals surface area contributed by atoms with Crippen molar-refractivity contribution >= 4 is 5.97 Å². The van der Waals surface area contributed by atoms with Gasteiger partial charge in [0.1, 0.15) is 5.60 Å². The summed E-state index contributed by atoms with van der Waals surface area (Å²) in [6, 6.07) is 0. The lowest BCUT2D eigenvalue weighted by molar-refractivity contribution is -0.191. The highest BCUT2D eigenvalue weighted by atomic mass is 16.6. The van der Waals surface area contributed by atoms with Gasteiger partial charge in [-0.25, -0.2) is 0 Å². The molecule has 0 radical (unpaired) electrons. The standard InChI is InChI=1S/C19H34O3/c1-16(2,3)12-15(20)22-18(6,7)19-9-8-13(19)10-14(11-19)17(4,5)21/h13-14,21H,8-12H2,1-7H3. The summed E-state index contributed by atoms with van der Waals surface area (Å²) in [5.74, 6) is 0.797. The summed E-state index contributed by atoms with van der Waals surface area (Å²) in [5.41, 5.74) is -1.07. The van der Waals surface area contributed by atoms with Crippen LogP contribution in [-0.4, -0.2) is 22.3 Å². The highest BCUT2D eigenvalue weighted by Crippen LogP contribution is 2.66. The number of esters is 1. The van der Waals surface area contributed by atoms with Crippen molar-refractivity contribution in [1.82, 2.24) is 0 Å². The van der Waals surface area contributed by atoms with Crippen LogP contribution in [0.5, 0.6) is 0 Å². The lowest BCUT2D eigenvalue weighted by Crippen LogP contribution is -2.54. The topological polar surface area (TPSA) is 46.5 Å². The normalized spacial score (nSPS) is 32.4. The Hall–Kier alpha value is -0.570. The van der Waals surface area contributed by atoms with E-state index in [0.717, 1.165) is 19.3 Å². The number of hydrogen-bond acceptors (Lipinski definition) is 3. The van der Waals surface area contributed by atoms with Gasteiger partial charge in [0.15, 0.2) is 0 Å². The van der Waals surface area contributed by atoms with Crippen molar-refractivity contribution < 1.29 is 14.6 Å². The van der Waals surface area contributed by atoms with Gasteiger partial charge in [0.2, 0.25) is 0 Å². The zero-order chi connectivity index (χ0) is 17.0. The Bertz CT molecular complexity index is 439. The van der Waals surface area contributed by atoms with Crippen LogP contribution in [0.25, 0.3) is 0 Å². The summed E-state index contributed by atoms with van der Waals surface area (Å²) in [7, 11) is 0. The highest BCUT2D eigenvalue weighted by molar-refractivity contribution is 5.70. The maximum atomic E-state index is 12.3. The van der Waals surface area contributed by atoms with Gasteiger partial charge < -0.3 is 9.84 Å². The van der Waals surface area contributed by atoms with E-state index >= 15 is 0 Å². The minimum Gasteiger partial charge on any atom is -0.459 e. The molecule has 0 aromatic heterocycles. The largest absolute Gasteiger partial charge is 0.459 e. The maximum Gasteiger partial charge on any atom is 0.306 e. The summed E-state index contributed by atoms with van der Waals surface area (Å²) in [6.45, 7) is 14.2. The summed E-state index contributed by atoms with van der Waals surface area (Å²) >= 11 is 0. The number of fused-ring (bicyclic) bond motifs is 1. The minimum atomic E-state index is -0.643. The van der Waals surface area contributed by atoms with Gasteiger partial charge in [-0.1, -0.05) is 20.8 Å². The molecule has 2 aliphatic rings. The Balaban J connectivity index is 2.10.